The molecule has 160 valence electrons. The fourth-order valence-corrected chi connectivity index (χ4v) is 4.43. The van der Waals surface area contributed by atoms with E-state index in [2.05, 4.69) is 29.0 Å². The van der Waals surface area contributed by atoms with E-state index < -0.39 is 10.0 Å². The number of nitrogens with zero attached hydrogens (tertiary/aromatic N) is 2. The van der Waals surface area contributed by atoms with Crippen molar-refractivity contribution in [3.05, 3.63) is 40.7 Å². The normalized spacial score (nSPS) is 11.7. The molecule has 1 amide bonds. The molecule has 0 aliphatic carbocycles. The molecular formula is C21H32N4O3S. The highest BCUT2D eigenvalue weighted by molar-refractivity contribution is 7.92. The number of carbonyl (C=O) groups is 1. The summed E-state index contributed by atoms with van der Waals surface area (Å²) in [5, 5.41) is 7.47. The van der Waals surface area contributed by atoms with E-state index in [9.17, 15) is 13.2 Å². The Balaban J connectivity index is 2.16. The van der Waals surface area contributed by atoms with Crippen LogP contribution in [0.4, 0.5) is 11.4 Å². The molecule has 2 N–H and O–H groups in total. The molecule has 0 saturated carbocycles. The number of rotatable bonds is 9. The van der Waals surface area contributed by atoms with Crippen molar-refractivity contribution >= 4 is 27.3 Å². The molecule has 0 unspecified atom stereocenters. The van der Waals surface area contributed by atoms with Gasteiger partial charge in [0.15, 0.2) is 0 Å². The minimum Gasteiger partial charge on any atom is -0.325 e. The Bertz CT molecular complexity index is 978. The van der Waals surface area contributed by atoms with Gasteiger partial charge in [-0.2, -0.15) is 5.10 Å². The third-order valence-electron chi connectivity index (χ3n) is 4.75. The quantitative estimate of drug-likeness (QED) is 0.645. The maximum absolute atomic E-state index is 12.7. The second-order valence-electron chi connectivity index (χ2n) is 7.85. The van der Waals surface area contributed by atoms with Crippen LogP contribution >= 0.6 is 0 Å². The molecular weight excluding hydrogens is 388 g/mol. The largest absolute Gasteiger partial charge is 0.325 e. The van der Waals surface area contributed by atoms with Crippen LogP contribution < -0.4 is 10.0 Å². The maximum Gasteiger partial charge on any atom is 0.232 e. The van der Waals surface area contributed by atoms with E-state index >= 15 is 0 Å². The van der Waals surface area contributed by atoms with E-state index in [4.69, 9.17) is 0 Å². The van der Waals surface area contributed by atoms with Gasteiger partial charge in [-0.15, -0.1) is 0 Å². The molecule has 0 aliphatic rings. The van der Waals surface area contributed by atoms with E-state index in [0.717, 1.165) is 23.5 Å². The number of benzene rings is 1. The summed E-state index contributed by atoms with van der Waals surface area (Å²) in [6.07, 6.45) is 0.759. The summed E-state index contributed by atoms with van der Waals surface area (Å²) in [7, 11) is -3.39. The molecule has 7 nitrogen and oxygen atoms in total. The fraction of sp³-hybridized carbons (Fsp3) is 0.524. The maximum atomic E-state index is 12.7. The van der Waals surface area contributed by atoms with Crippen LogP contribution in [0.3, 0.4) is 0 Å². The second kappa shape index (κ2) is 9.43. The smallest absolute Gasteiger partial charge is 0.232 e. The third-order valence-corrected chi connectivity index (χ3v) is 6.23. The first-order valence-corrected chi connectivity index (χ1v) is 11.6. The summed E-state index contributed by atoms with van der Waals surface area (Å²) >= 11 is 0. The summed E-state index contributed by atoms with van der Waals surface area (Å²) in [5.74, 6) is 0.371. The van der Waals surface area contributed by atoms with Crippen molar-refractivity contribution < 1.29 is 13.2 Å². The summed E-state index contributed by atoms with van der Waals surface area (Å²) in [6.45, 7) is 12.6. The molecule has 2 rings (SSSR count). The highest BCUT2D eigenvalue weighted by Gasteiger charge is 2.17. The number of hydrogen-bond acceptors (Lipinski definition) is 4. The molecule has 8 heteroatoms. The molecule has 2 aromatic rings. The Kier molecular flexibility index (Phi) is 7.46. The van der Waals surface area contributed by atoms with Crippen molar-refractivity contribution in [1.82, 2.24) is 9.78 Å². The predicted octanol–water partition coefficient (Wildman–Crippen LogP) is 3.80. The van der Waals surface area contributed by atoms with Gasteiger partial charge < -0.3 is 5.32 Å². The molecule has 1 aromatic carbocycles. The number of amides is 1. The number of aromatic nitrogens is 2. The van der Waals surface area contributed by atoms with Crippen molar-refractivity contribution in [3.8, 4) is 0 Å². The zero-order chi connectivity index (χ0) is 21.8. The molecule has 1 aromatic heterocycles. The lowest BCUT2D eigenvalue weighted by Crippen LogP contribution is -2.19. The average molecular weight is 421 g/mol. The number of carbonyl (C=O) groups excluding carboxylic acids is 1. The lowest BCUT2D eigenvalue weighted by atomic mass is 10.1. The Labute approximate surface area is 173 Å². The monoisotopic (exact) mass is 420 g/mol. The van der Waals surface area contributed by atoms with Gasteiger partial charge in [-0.3, -0.25) is 14.2 Å². The van der Waals surface area contributed by atoms with Gasteiger partial charge in [0.1, 0.15) is 0 Å². The first kappa shape index (κ1) is 22.9. The van der Waals surface area contributed by atoms with Crippen LogP contribution in [0, 0.1) is 26.7 Å². The predicted molar refractivity (Wildman–Crippen MR) is 118 cm³/mol. The lowest BCUT2D eigenvalue weighted by Gasteiger charge is -2.14. The van der Waals surface area contributed by atoms with Gasteiger partial charge in [0.25, 0.3) is 0 Å². The fourth-order valence-electron chi connectivity index (χ4n) is 3.24. The number of sulfonamides is 1. The number of hydrogen-bond donors (Lipinski definition) is 2. The number of nitrogens with one attached hydrogen (secondary N) is 2. The summed E-state index contributed by atoms with van der Waals surface area (Å²) in [6, 6.07) is 5.19. The van der Waals surface area contributed by atoms with E-state index in [1.807, 2.05) is 25.5 Å². The average Bonchev–Trinajstić information content (AvgIpc) is 2.85. The first-order chi connectivity index (χ1) is 13.5. The van der Waals surface area contributed by atoms with Gasteiger partial charge >= 0.3 is 0 Å². The number of aryl methyl sites for hydroxylation is 1. The molecule has 1 heterocycles. The zero-order valence-corrected chi connectivity index (χ0v) is 19.0. The minimum atomic E-state index is -3.39. The van der Waals surface area contributed by atoms with Gasteiger partial charge in [0.2, 0.25) is 15.9 Å². The van der Waals surface area contributed by atoms with Crippen LogP contribution in [0.1, 0.15) is 49.7 Å². The highest BCUT2D eigenvalue weighted by Crippen LogP contribution is 2.25. The van der Waals surface area contributed by atoms with Crippen LogP contribution in [0.25, 0.3) is 0 Å². The van der Waals surface area contributed by atoms with Gasteiger partial charge in [0.05, 0.1) is 23.6 Å². The zero-order valence-electron chi connectivity index (χ0n) is 18.2. The van der Waals surface area contributed by atoms with Gasteiger partial charge in [0, 0.05) is 23.5 Å². The van der Waals surface area contributed by atoms with E-state index in [1.165, 1.54) is 0 Å². The molecule has 29 heavy (non-hydrogen) atoms. The summed E-state index contributed by atoms with van der Waals surface area (Å²) in [4.78, 5) is 12.7. The van der Waals surface area contributed by atoms with E-state index in [-0.39, 0.29) is 18.1 Å². The topological polar surface area (TPSA) is 93.1 Å². The summed E-state index contributed by atoms with van der Waals surface area (Å²) in [5.41, 5.74) is 4.55. The van der Waals surface area contributed by atoms with E-state index in [0.29, 0.717) is 29.3 Å². The molecule has 0 saturated heterocycles. The standard InChI is InChI=1S/C21H32N4O3S/c1-7-11-29(27,28)24-20-10-8-9-19(15(20)4)22-21(26)12-18-16(5)23-25(17(18)6)13-14(2)3/h8-10,14,24H,7,11-13H2,1-6H3,(H,22,26). The van der Waals surface area contributed by atoms with Crippen molar-refractivity contribution in [1.29, 1.82) is 0 Å². The highest BCUT2D eigenvalue weighted by atomic mass is 32.2. The SMILES string of the molecule is CCCS(=O)(=O)Nc1cccc(NC(=O)Cc2c(C)nn(CC(C)C)c2C)c1C. The Morgan fingerprint density at radius 3 is 2.45 bits per heavy atom. The molecule has 0 bridgehead atoms. The molecule has 0 aliphatic heterocycles. The molecule has 0 spiro atoms. The minimum absolute atomic E-state index is 0.0575. The van der Waals surface area contributed by atoms with Crippen LogP contribution in [0.5, 0.6) is 0 Å². The molecule has 0 fully saturated rings. The van der Waals surface area contributed by atoms with Crippen LogP contribution in [-0.2, 0) is 27.8 Å². The van der Waals surface area contributed by atoms with E-state index in [1.54, 1.807) is 25.1 Å². The third kappa shape index (κ3) is 6.06. The number of anilines is 2. The summed E-state index contributed by atoms with van der Waals surface area (Å²) < 4.78 is 28.7. The van der Waals surface area contributed by atoms with Gasteiger partial charge in [-0.05, 0) is 50.8 Å². The van der Waals surface area contributed by atoms with Crippen LogP contribution in [-0.4, -0.2) is 29.9 Å². The van der Waals surface area contributed by atoms with Crippen LogP contribution in [0.15, 0.2) is 18.2 Å². The molecule has 0 atom stereocenters. The molecule has 0 radical (unpaired) electrons. The van der Waals surface area contributed by atoms with Crippen molar-refractivity contribution in [2.24, 2.45) is 5.92 Å². The van der Waals surface area contributed by atoms with Crippen molar-refractivity contribution in [3.63, 3.8) is 0 Å². The Hall–Kier alpha value is -2.35. The van der Waals surface area contributed by atoms with Crippen molar-refractivity contribution in [2.45, 2.75) is 60.9 Å². The Morgan fingerprint density at radius 2 is 1.83 bits per heavy atom. The first-order valence-electron chi connectivity index (χ1n) is 9.96. The Morgan fingerprint density at radius 1 is 1.17 bits per heavy atom. The van der Waals surface area contributed by atoms with Gasteiger partial charge in [-0.25, -0.2) is 8.42 Å². The van der Waals surface area contributed by atoms with Gasteiger partial charge in [-0.1, -0.05) is 26.8 Å². The van der Waals surface area contributed by atoms with Crippen LogP contribution in [0.2, 0.25) is 0 Å². The lowest BCUT2D eigenvalue weighted by molar-refractivity contribution is -0.115. The van der Waals surface area contributed by atoms with Crippen molar-refractivity contribution in [2.75, 3.05) is 15.8 Å². The second-order valence-corrected chi connectivity index (χ2v) is 9.69.